The summed E-state index contributed by atoms with van der Waals surface area (Å²) >= 11 is 0. The average Bonchev–Trinajstić information content (AvgIpc) is 3.26. The minimum absolute atomic E-state index is 0. The number of fused-ring (bicyclic) bond motifs is 4. The van der Waals surface area contributed by atoms with E-state index in [-0.39, 0.29) is 38.5 Å². The zero-order valence-corrected chi connectivity index (χ0v) is 24.2. The Morgan fingerprint density at radius 1 is 0.966 bits per heavy atom. The van der Waals surface area contributed by atoms with Gasteiger partial charge in [-0.15, -0.1) is 12.6 Å². The fourth-order valence-electron chi connectivity index (χ4n) is 4.58. The van der Waals surface area contributed by atoms with Crippen molar-refractivity contribution in [2.24, 2.45) is 5.41 Å². The largest absolute Gasteiger partial charge is 2.00 e. The van der Waals surface area contributed by atoms with E-state index in [2.05, 4.69) is 77.4 Å². The van der Waals surface area contributed by atoms with Gasteiger partial charge in [-0.05, 0) is 39.0 Å². The summed E-state index contributed by atoms with van der Waals surface area (Å²) in [6, 6.07) is 2.21. The van der Waals surface area contributed by atoms with Gasteiger partial charge in [0.1, 0.15) is 0 Å². The molecule has 4 aliphatic heterocycles. The monoisotopic (exact) mass is 633 g/mol. The van der Waals surface area contributed by atoms with Gasteiger partial charge in [0.25, 0.3) is 0 Å². The van der Waals surface area contributed by atoms with Crippen molar-refractivity contribution < 1.29 is 35.9 Å². The summed E-state index contributed by atoms with van der Waals surface area (Å²) in [5.41, 5.74) is 0.796. The number of morpholine rings is 1. The van der Waals surface area contributed by atoms with Crippen molar-refractivity contribution in [1.29, 1.82) is 0 Å². The predicted octanol–water partition coefficient (Wildman–Crippen LogP) is 5.38. The van der Waals surface area contributed by atoms with E-state index in [1.54, 1.807) is 0 Å². The molecule has 4 unspecified atom stereocenters. The van der Waals surface area contributed by atoms with E-state index in [0.29, 0.717) is 23.1 Å². The third-order valence-electron chi connectivity index (χ3n) is 5.52. The van der Waals surface area contributed by atoms with E-state index in [9.17, 15) is 0 Å². The number of piperazine rings is 1. The van der Waals surface area contributed by atoms with Gasteiger partial charge in [0.05, 0.1) is 0 Å². The Morgan fingerprint density at radius 3 is 1.79 bits per heavy atom. The van der Waals surface area contributed by atoms with Crippen molar-refractivity contribution in [2.75, 3.05) is 32.8 Å². The maximum Gasteiger partial charge on any atom is 2.00 e. The Balaban J connectivity index is 0.000000502. The first-order chi connectivity index (χ1) is 12.3. The van der Waals surface area contributed by atoms with Gasteiger partial charge in [-0.3, -0.25) is 9.80 Å². The number of ether oxygens (including phenoxy) is 1. The molecular formula is C24H49N3OU. The molecule has 4 rings (SSSR count). The van der Waals surface area contributed by atoms with E-state index < -0.39 is 0 Å². The molecule has 4 fully saturated rings. The van der Waals surface area contributed by atoms with Crippen LogP contribution in [0.25, 0.3) is 5.32 Å². The van der Waals surface area contributed by atoms with E-state index in [1.807, 2.05) is 0 Å². The number of rotatable bonds is 1. The molecule has 29 heavy (non-hydrogen) atoms. The molecular weight excluding hydrogens is 584 g/mol. The Morgan fingerprint density at radius 2 is 1.55 bits per heavy atom. The van der Waals surface area contributed by atoms with Gasteiger partial charge in [0.2, 0.25) is 0 Å². The zero-order chi connectivity index (χ0) is 20.4. The summed E-state index contributed by atoms with van der Waals surface area (Å²) in [6.07, 6.45) is 3.10. The fourth-order valence-corrected chi connectivity index (χ4v) is 4.58. The SMILES string of the molecule is C.C1OC2C[N-]C1C2.CC(C)(C)CN1CC2CC1CN2C(C)(C)C.C[C-](C)C.[U+2]. The van der Waals surface area contributed by atoms with Gasteiger partial charge in [0.15, 0.2) is 0 Å². The standard InChI is InChI=1S/C14H28N2.C5H8NO.C4H9.CH4.U/c1-13(2,3)10-15-8-12-7-11(15)9-16(12)14(4,5)6;1-4-3-7-5(1)2-6-4;1-4(2)3;;/h11-12H,7-10H2,1-6H3;4-5H,1-3H2;1-3H3;1H4;/q;2*-1;;+2. The molecule has 0 aromatic rings. The Hall–Kier alpha value is 0.892. The maximum atomic E-state index is 5.26. The summed E-state index contributed by atoms with van der Waals surface area (Å²) in [7, 11) is 0. The van der Waals surface area contributed by atoms with E-state index in [1.165, 1.54) is 38.4 Å². The second kappa shape index (κ2) is 12.2. The summed E-state index contributed by atoms with van der Waals surface area (Å²) in [5, 5.41) is 4.28. The molecule has 0 saturated carbocycles. The Bertz CT molecular complexity index is 437. The van der Waals surface area contributed by atoms with Crippen molar-refractivity contribution in [3.05, 3.63) is 11.2 Å². The fraction of sp³-hybridized carbons (Fsp3) is 0.958. The zero-order valence-electron chi connectivity index (χ0n) is 20.0. The van der Waals surface area contributed by atoms with Crippen LogP contribution in [0.5, 0.6) is 0 Å². The molecule has 0 amide bonds. The molecule has 0 radical (unpaired) electrons. The van der Waals surface area contributed by atoms with Crippen molar-refractivity contribution in [3.8, 4) is 0 Å². The second-order valence-corrected chi connectivity index (χ2v) is 11.6. The first-order valence-corrected chi connectivity index (χ1v) is 10.9. The normalized spacial score (nSPS) is 30.8. The predicted molar refractivity (Wildman–Crippen MR) is 123 cm³/mol. The summed E-state index contributed by atoms with van der Waals surface area (Å²) in [6.45, 7) is 26.0. The summed E-state index contributed by atoms with van der Waals surface area (Å²) < 4.78 is 5.26. The van der Waals surface area contributed by atoms with Gasteiger partial charge < -0.3 is 16.0 Å². The van der Waals surface area contributed by atoms with Gasteiger partial charge in [-0.1, -0.05) is 28.2 Å². The van der Waals surface area contributed by atoms with Crippen molar-refractivity contribution in [1.82, 2.24) is 9.80 Å². The van der Waals surface area contributed by atoms with Crippen LogP contribution in [0.1, 0.15) is 82.6 Å². The van der Waals surface area contributed by atoms with Gasteiger partial charge in [-0.25, -0.2) is 0 Å². The topological polar surface area (TPSA) is 29.8 Å². The molecule has 4 bridgehead atoms. The number of nitrogens with zero attached hydrogens (tertiary/aromatic N) is 3. The van der Waals surface area contributed by atoms with Crippen molar-refractivity contribution in [2.45, 2.75) is 112 Å². The minimum Gasteiger partial charge on any atom is -0.655 e. The van der Waals surface area contributed by atoms with Crippen LogP contribution in [0, 0.1) is 42.4 Å². The first kappa shape index (κ1) is 29.9. The molecule has 0 N–H and O–H groups in total. The third-order valence-corrected chi connectivity index (χ3v) is 5.52. The van der Waals surface area contributed by atoms with Crippen LogP contribution in [-0.2, 0) is 4.74 Å². The van der Waals surface area contributed by atoms with Crippen LogP contribution in [0.2, 0.25) is 0 Å². The van der Waals surface area contributed by atoms with Gasteiger partial charge in [0, 0.05) is 50.0 Å². The molecule has 4 saturated heterocycles. The van der Waals surface area contributed by atoms with E-state index in [0.717, 1.165) is 25.2 Å². The van der Waals surface area contributed by atoms with Crippen LogP contribution in [-0.4, -0.2) is 72.4 Å². The maximum absolute atomic E-state index is 5.26. The molecule has 4 atom stereocenters. The Labute approximate surface area is 206 Å². The second-order valence-electron chi connectivity index (χ2n) is 11.6. The van der Waals surface area contributed by atoms with Crippen molar-refractivity contribution >= 4 is 0 Å². The van der Waals surface area contributed by atoms with Crippen LogP contribution in [0.15, 0.2) is 0 Å². The van der Waals surface area contributed by atoms with Crippen LogP contribution in [0.4, 0.5) is 0 Å². The van der Waals surface area contributed by atoms with E-state index >= 15 is 0 Å². The number of hydrogen-bond donors (Lipinski definition) is 0. The van der Waals surface area contributed by atoms with Crippen molar-refractivity contribution in [3.63, 3.8) is 0 Å². The van der Waals surface area contributed by atoms with Crippen LogP contribution >= 0.6 is 0 Å². The molecule has 5 heteroatoms. The molecule has 0 aliphatic carbocycles. The quantitative estimate of drug-likeness (QED) is 0.364. The summed E-state index contributed by atoms with van der Waals surface area (Å²) in [5.74, 6) is 1.42. The number of likely N-dealkylation sites (tertiary alicyclic amines) is 2. The molecule has 4 aliphatic rings. The molecule has 4 nitrogen and oxygen atoms in total. The molecule has 0 spiro atoms. The molecule has 0 aromatic carbocycles. The number of hydrogen-bond acceptors (Lipinski definition) is 3. The third kappa shape index (κ3) is 9.92. The average molecular weight is 634 g/mol. The van der Waals surface area contributed by atoms with Crippen LogP contribution < -0.4 is 0 Å². The minimum atomic E-state index is 0. The smallest absolute Gasteiger partial charge is 0.655 e. The van der Waals surface area contributed by atoms with Crippen LogP contribution in [0.3, 0.4) is 0 Å². The first-order valence-electron chi connectivity index (χ1n) is 10.9. The van der Waals surface area contributed by atoms with Gasteiger partial charge >= 0.3 is 31.1 Å². The molecule has 4 heterocycles. The van der Waals surface area contributed by atoms with E-state index in [4.69, 9.17) is 4.74 Å². The molecule has 170 valence electrons. The van der Waals surface area contributed by atoms with Gasteiger partial charge in [-0.2, -0.15) is 20.8 Å². The molecule has 0 aromatic heterocycles. The summed E-state index contributed by atoms with van der Waals surface area (Å²) in [4.78, 5) is 5.42. The Kier molecular flexibility index (Phi) is 12.6.